The lowest BCUT2D eigenvalue weighted by Gasteiger charge is -2.19. The third-order valence-corrected chi connectivity index (χ3v) is 7.85. The Balaban J connectivity index is 2.16. The van der Waals surface area contributed by atoms with Gasteiger partial charge in [0.15, 0.2) is 0 Å². The number of aromatic amines is 1. The fourth-order valence-electron chi connectivity index (χ4n) is 2.66. The van der Waals surface area contributed by atoms with E-state index in [0.29, 0.717) is 4.57 Å². The second kappa shape index (κ2) is 10.6. The number of rotatable bonds is 10. The predicted molar refractivity (Wildman–Crippen MR) is 103 cm³/mol. The van der Waals surface area contributed by atoms with E-state index in [0.717, 1.165) is 13.3 Å². The molecule has 0 aliphatic carbocycles. The Morgan fingerprint density at radius 3 is 2.26 bits per heavy atom. The smallest absolute Gasteiger partial charge is 0.468 e. The van der Waals surface area contributed by atoms with Gasteiger partial charge < -0.3 is 39.3 Å². The maximum absolute atomic E-state index is 12.2. The summed E-state index contributed by atoms with van der Waals surface area (Å²) in [6.07, 6.45) is -6.19. The molecule has 4 unspecified atom stereocenters. The zero-order chi connectivity index (χ0) is 26.1. The summed E-state index contributed by atoms with van der Waals surface area (Å²) < 4.78 is 55.5. The Morgan fingerprint density at radius 1 is 1.09 bits per heavy atom. The Bertz CT molecular complexity index is 1170. The van der Waals surface area contributed by atoms with Crippen LogP contribution in [-0.2, 0) is 47.7 Å². The van der Waals surface area contributed by atoms with Crippen molar-refractivity contribution in [3.05, 3.63) is 32.6 Å². The summed E-state index contributed by atoms with van der Waals surface area (Å²) in [6, 6.07) is 0. The maximum Gasteiger partial charge on any atom is 0.490 e. The normalized spacial score (nSPS) is 26.6. The first-order valence-corrected chi connectivity index (χ1v) is 13.2. The zero-order valence-corrected chi connectivity index (χ0v) is 19.4. The lowest BCUT2D eigenvalue weighted by atomic mass is 10.0. The van der Waals surface area contributed by atoms with Crippen LogP contribution in [0.15, 0.2) is 15.8 Å². The summed E-state index contributed by atoms with van der Waals surface area (Å²) in [5.74, 6) is -0.859. The third kappa shape index (κ3) is 7.73. The molecule has 0 saturated carbocycles. The van der Waals surface area contributed by atoms with E-state index in [2.05, 4.69) is 17.9 Å². The van der Waals surface area contributed by atoms with Crippen LogP contribution in [0.1, 0.15) is 11.7 Å². The number of aromatic nitrogens is 2. The standard InChI is InChI=1S/C12H19N2O17P3/c1-27-7(15)3-14-2-5(11(18)13-12(14)19)10-9(17)8(16)6(29-10)4-28-33(23,24)31-34(25,26)30-32(20,21)22/h2,6,8-10,16-17H,3-4H2,1H3,(H,23,24)(H,25,26)(H,13,18,19)(H2,20,21,22)/t6-,8?,9?,10+/m1/s1. The van der Waals surface area contributed by atoms with Crippen molar-refractivity contribution in [3.8, 4) is 0 Å². The number of carbonyl (C=O) groups is 1. The van der Waals surface area contributed by atoms with E-state index in [-0.39, 0.29) is 0 Å². The molecule has 0 radical (unpaired) electrons. The first-order valence-electron chi connectivity index (χ1n) is 8.65. The lowest BCUT2D eigenvalue weighted by molar-refractivity contribution is -0.141. The molecule has 1 aliphatic heterocycles. The second-order valence-electron chi connectivity index (χ2n) is 6.51. The van der Waals surface area contributed by atoms with Crippen LogP contribution >= 0.6 is 23.5 Å². The number of esters is 1. The molecule has 1 aromatic rings. The minimum absolute atomic E-state index is 0.434. The van der Waals surface area contributed by atoms with Crippen molar-refractivity contribution in [3.63, 3.8) is 0 Å². The highest BCUT2D eigenvalue weighted by molar-refractivity contribution is 7.66. The molecule has 0 bridgehead atoms. The first kappa shape index (κ1) is 28.7. The molecule has 1 aromatic heterocycles. The lowest BCUT2D eigenvalue weighted by Crippen LogP contribution is -2.37. The van der Waals surface area contributed by atoms with Gasteiger partial charge in [0.1, 0.15) is 31.0 Å². The van der Waals surface area contributed by atoms with Crippen molar-refractivity contribution >= 4 is 29.4 Å². The molecule has 1 fully saturated rings. The van der Waals surface area contributed by atoms with Gasteiger partial charge in [0, 0.05) is 6.20 Å². The largest absolute Gasteiger partial charge is 0.490 e. The van der Waals surface area contributed by atoms with E-state index in [4.69, 9.17) is 19.4 Å². The number of hydrogen-bond donors (Lipinski definition) is 7. The summed E-state index contributed by atoms with van der Waals surface area (Å²) >= 11 is 0. The van der Waals surface area contributed by atoms with Gasteiger partial charge >= 0.3 is 35.1 Å². The summed E-state index contributed by atoms with van der Waals surface area (Å²) in [6.45, 7) is -1.74. The first-order chi connectivity index (χ1) is 15.4. The fraction of sp³-hybridized carbons (Fsp3) is 0.583. The highest BCUT2D eigenvalue weighted by Crippen LogP contribution is 2.66. The van der Waals surface area contributed by atoms with E-state index in [1.54, 1.807) is 0 Å². The van der Waals surface area contributed by atoms with Gasteiger partial charge in [0.25, 0.3) is 5.56 Å². The number of nitrogens with zero attached hydrogens (tertiary/aromatic N) is 1. The highest BCUT2D eigenvalue weighted by Gasteiger charge is 2.47. The molecule has 7 N–H and O–H groups in total. The van der Waals surface area contributed by atoms with E-state index in [1.165, 1.54) is 0 Å². The van der Waals surface area contributed by atoms with E-state index in [9.17, 15) is 43.2 Å². The third-order valence-electron chi connectivity index (χ3n) is 4.05. The van der Waals surface area contributed by atoms with Crippen molar-refractivity contribution in [1.82, 2.24) is 9.55 Å². The van der Waals surface area contributed by atoms with Crippen molar-refractivity contribution in [2.45, 2.75) is 31.0 Å². The minimum Gasteiger partial charge on any atom is -0.468 e. The van der Waals surface area contributed by atoms with Crippen LogP contribution in [0.2, 0.25) is 0 Å². The molecule has 2 heterocycles. The van der Waals surface area contributed by atoms with Gasteiger partial charge in [-0.15, -0.1) is 0 Å². The molecule has 19 nitrogen and oxygen atoms in total. The number of phosphoric acid groups is 3. The molecular weight excluding hydrogens is 537 g/mol. The number of H-pyrrole nitrogens is 1. The number of aliphatic hydroxyl groups excluding tert-OH is 2. The van der Waals surface area contributed by atoms with E-state index >= 15 is 0 Å². The average Bonchev–Trinajstić information content (AvgIpc) is 2.94. The van der Waals surface area contributed by atoms with Crippen LogP contribution in [-0.4, -0.2) is 77.3 Å². The van der Waals surface area contributed by atoms with E-state index < -0.39 is 83.8 Å². The van der Waals surface area contributed by atoms with E-state index in [1.807, 2.05) is 4.98 Å². The average molecular weight is 556 g/mol. The number of hydrogen-bond acceptors (Lipinski definition) is 13. The molecule has 1 aliphatic rings. The number of aliphatic hydroxyl groups is 2. The topological polar surface area (TPSA) is 291 Å². The van der Waals surface area contributed by atoms with Crippen molar-refractivity contribution < 1.29 is 70.9 Å². The van der Waals surface area contributed by atoms with Gasteiger partial charge in [0.2, 0.25) is 0 Å². The molecule has 0 aromatic carbocycles. The molecule has 0 amide bonds. The number of ether oxygens (including phenoxy) is 2. The monoisotopic (exact) mass is 556 g/mol. The quantitative estimate of drug-likeness (QED) is 0.113. The predicted octanol–water partition coefficient (Wildman–Crippen LogP) is -2.79. The number of methoxy groups -OCH3 is 1. The van der Waals surface area contributed by atoms with Gasteiger partial charge in [-0.1, -0.05) is 0 Å². The van der Waals surface area contributed by atoms with Crippen molar-refractivity contribution in [2.24, 2.45) is 0 Å². The van der Waals surface area contributed by atoms with Gasteiger partial charge in [-0.3, -0.25) is 23.7 Å². The summed E-state index contributed by atoms with van der Waals surface area (Å²) in [4.78, 5) is 72.8. The molecule has 22 heteroatoms. The zero-order valence-electron chi connectivity index (χ0n) is 16.8. The summed E-state index contributed by atoms with van der Waals surface area (Å²) in [7, 11) is -15.9. The van der Waals surface area contributed by atoms with Gasteiger partial charge in [-0.2, -0.15) is 8.62 Å². The van der Waals surface area contributed by atoms with Gasteiger partial charge in [0.05, 0.1) is 19.3 Å². The number of nitrogens with one attached hydrogen (secondary N) is 1. The van der Waals surface area contributed by atoms with Gasteiger partial charge in [-0.25, -0.2) is 18.5 Å². The molecule has 1 saturated heterocycles. The van der Waals surface area contributed by atoms with Crippen LogP contribution in [0.5, 0.6) is 0 Å². The highest BCUT2D eigenvalue weighted by atomic mass is 31.3. The Hall–Kier alpha value is -1.56. The number of carbonyl (C=O) groups excluding carboxylic acids is 1. The fourth-order valence-corrected chi connectivity index (χ4v) is 5.69. The Morgan fingerprint density at radius 2 is 1.71 bits per heavy atom. The Kier molecular flexibility index (Phi) is 8.93. The molecule has 194 valence electrons. The second-order valence-corrected chi connectivity index (χ2v) is 10.9. The van der Waals surface area contributed by atoms with Crippen LogP contribution in [0, 0.1) is 0 Å². The van der Waals surface area contributed by atoms with Crippen LogP contribution < -0.4 is 11.2 Å². The van der Waals surface area contributed by atoms with Crippen molar-refractivity contribution in [1.29, 1.82) is 0 Å². The number of phosphoric ester groups is 1. The van der Waals surface area contributed by atoms with Crippen molar-refractivity contribution in [2.75, 3.05) is 13.7 Å². The van der Waals surface area contributed by atoms with Crippen LogP contribution in [0.3, 0.4) is 0 Å². The maximum atomic E-state index is 12.2. The molecule has 6 atom stereocenters. The SMILES string of the molecule is COC(=O)Cn1cc([C@@H]2O[C@H](COP(=O)(O)OP(=O)(O)OP(=O)(O)O)C(O)C2O)c(=O)[nH]c1=O. The summed E-state index contributed by atoms with van der Waals surface area (Å²) in [5.41, 5.74) is -2.50. The minimum atomic E-state index is -5.79. The Labute approximate surface area is 187 Å². The molecule has 34 heavy (non-hydrogen) atoms. The van der Waals surface area contributed by atoms with Gasteiger partial charge in [-0.05, 0) is 0 Å². The summed E-state index contributed by atoms with van der Waals surface area (Å²) in [5, 5.41) is 20.3. The van der Waals surface area contributed by atoms with Crippen LogP contribution in [0.4, 0.5) is 0 Å². The molecule has 2 rings (SSSR count). The molecule has 0 spiro atoms. The van der Waals surface area contributed by atoms with Crippen LogP contribution in [0.25, 0.3) is 0 Å². The molecular formula is C12H19N2O17P3.